The first-order chi connectivity index (χ1) is 6.85. The van der Waals surface area contributed by atoms with Crippen LogP contribution in [0.2, 0.25) is 0 Å². The number of halogens is 3. The third-order valence-corrected chi connectivity index (χ3v) is 3.75. The van der Waals surface area contributed by atoms with Crippen LogP contribution in [0, 0.1) is 11.8 Å². The van der Waals surface area contributed by atoms with Crippen LogP contribution in [0.4, 0.5) is 13.2 Å². The molecule has 0 aromatic carbocycles. The Morgan fingerprint density at radius 3 is 2.40 bits per heavy atom. The monoisotopic (exact) mass is 221 g/mol. The van der Waals surface area contributed by atoms with Crippen molar-refractivity contribution in [3.63, 3.8) is 0 Å². The topological polar surface area (TPSA) is 29.1 Å². The molecule has 0 aromatic heterocycles. The molecule has 2 nitrogen and oxygen atoms in total. The molecule has 0 saturated heterocycles. The zero-order valence-electron chi connectivity index (χ0n) is 8.53. The van der Waals surface area contributed by atoms with Gasteiger partial charge in [-0.15, -0.1) is 0 Å². The fourth-order valence-electron chi connectivity index (χ4n) is 3.22. The van der Waals surface area contributed by atoms with E-state index in [-0.39, 0.29) is 12.3 Å². The summed E-state index contributed by atoms with van der Waals surface area (Å²) in [7, 11) is 0. The van der Waals surface area contributed by atoms with Gasteiger partial charge in [-0.25, -0.2) is 0 Å². The van der Waals surface area contributed by atoms with E-state index >= 15 is 0 Å². The third kappa shape index (κ3) is 1.52. The average molecular weight is 221 g/mol. The van der Waals surface area contributed by atoms with Gasteiger partial charge in [-0.2, -0.15) is 13.2 Å². The van der Waals surface area contributed by atoms with E-state index in [1.165, 1.54) is 0 Å². The highest BCUT2D eigenvalue weighted by molar-refractivity contribution is 5.74. The minimum absolute atomic E-state index is 0.0702. The Morgan fingerprint density at radius 1 is 1.40 bits per heavy atom. The Morgan fingerprint density at radius 2 is 2.07 bits per heavy atom. The van der Waals surface area contributed by atoms with Gasteiger partial charge >= 0.3 is 6.18 Å². The summed E-state index contributed by atoms with van der Waals surface area (Å²) in [6.07, 6.45) is -2.18. The molecule has 0 aliphatic heterocycles. The fraction of sp³-hybridized carbons (Fsp3) is 0.900. The van der Waals surface area contributed by atoms with Crippen molar-refractivity contribution in [2.75, 3.05) is 0 Å². The number of hydrogen-bond acceptors (Lipinski definition) is 1. The molecular formula is C10H14F3NO. The van der Waals surface area contributed by atoms with Gasteiger partial charge in [0.25, 0.3) is 0 Å². The second kappa shape index (κ2) is 3.12. The summed E-state index contributed by atoms with van der Waals surface area (Å²) >= 11 is 0. The lowest BCUT2D eigenvalue weighted by Gasteiger charge is -2.39. The fourth-order valence-corrected chi connectivity index (χ4v) is 3.22. The number of nitrogens with one attached hydrogen (secondary N) is 1. The largest absolute Gasteiger partial charge is 0.411 e. The average Bonchev–Trinajstić information content (AvgIpc) is 2.60. The standard InChI is InChI=1S/C10H14F3NO/c1-6(15)14-9(10(11,12)13)5-7-2-3-8(9)4-7/h7-8H,2-5H2,1H3,(H,14,15)/t7-,8+,9+/m0/s1. The van der Waals surface area contributed by atoms with E-state index in [9.17, 15) is 18.0 Å². The van der Waals surface area contributed by atoms with Gasteiger partial charge in [-0.1, -0.05) is 0 Å². The van der Waals surface area contributed by atoms with Gasteiger partial charge in [-0.3, -0.25) is 4.79 Å². The van der Waals surface area contributed by atoms with Crippen LogP contribution < -0.4 is 5.32 Å². The van der Waals surface area contributed by atoms with E-state index in [2.05, 4.69) is 5.32 Å². The van der Waals surface area contributed by atoms with Crippen LogP contribution in [0.25, 0.3) is 0 Å². The molecule has 2 aliphatic carbocycles. The molecule has 5 heteroatoms. The molecule has 86 valence electrons. The van der Waals surface area contributed by atoms with Crippen molar-refractivity contribution in [1.82, 2.24) is 5.32 Å². The second-order valence-corrected chi connectivity index (χ2v) is 4.73. The highest BCUT2D eigenvalue weighted by Crippen LogP contribution is 2.56. The van der Waals surface area contributed by atoms with Crippen LogP contribution in [0.3, 0.4) is 0 Å². The first kappa shape index (κ1) is 10.8. The van der Waals surface area contributed by atoms with Crippen molar-refractivity contribution >= 4 is 5.91 Å². The Labute approximate surface area is 86.2 Å². The van der Waals surface area contributed by atoms with Crippen molar-refractivity contribution in [3.8, 4) is 0 Å². The molecule has 0 unspecified atom stereocenters. The minimum atomic E-state index is -4.32. The lowest BCUT2D eigenvalue weighted by Crippen LogP contribution is -2.61. The van der Waals surface area contributed by atoms with Crippen LogP contribution in [0.1, 0.15) is 32.6 Å². The van der Waals surface area contributed by atoms with Crippen molar-refractivity contribution in [3.05, 3.63) is 0 Å². The van der Waals surface area contributed by atoms with Crippen LogP contribution >= 0.6 is 0 Å². The first-order valence-corrected chi connectivity index (χ1v) is 5.20. The maximum Gasteiger partial charge on any atom is 0.411 e. The minimum Gasteiger partial charge on any atom is -0.342 e. The Hall–Kier alpha value is -0.740. The van der Waals surface area contributed by atoms with E-state index in [0.717, 1.165) is 13.3 Å². The molecule has 0 spiro atoms. The summed E-state index contributed by atoms with van der Waals surface area (Å²) in [5, 5.41) is 2.16. The van der Waals surface area contributed by atoms with E-state index < -0.39 is 23.5 Å². The van der Waals surface area contributed by atoms with Crippen molar-refractivity contribution < 1.29 is 18.0 Å². The molecule has 2 bridgehead atoms. The molecule has 2 saturated carbocycles. The van der Waals surface area contributed by atoms with Crippen molar-refractivity contribution in [2.45, 2.75) is 44.3 Å². The maximum absolute atomic E-state index is 13.0. The van der Waals surface area contributed by atoms with Gasteiger partial charge in [0.15, 0.2) is 0 Å². The van der Waals surface area contributed by atoms with E-state index in [1.807, 2.05) is 0 Å². The number of alkyl halides is 3. The Kier molecular flexibility index (Phi) is 2.24. The van der Waals surface area contributed by atoms with Crippen LogP contribution in [-0.4, -0.2) is 17.6 Å². The van der Waals surface area contributed by atoms with Gasteiger partial charge in [0.2, 0.25) is 5.91 Å². The molecule has 0 radical (unpaired) electrons. The predicted molar refractivity (Wildman–Crippen MR) is 48.1 cm³/mol. The van der Waals surface area contributed by atoms with Crippen LogP contribution in [0.15, 0.2) is 0 Å². The summed E-state index contributed by atoms with van der Waals surface area (Å²) in [5.74, 6) is -0.852. The van der Waals surface area contributed by atoms with Gasteiger partial charge in [0, 0.05) is 6.92 Å². The highest BCUT2D eigenvalue weighted by Gasteiger charge is 2.65. The number of carbonyl (C=O) groups excluding carboxylic acids is 1. The van der Waals surface area contributed by atoms with Crippen molar-refractivity contribution in [2.24, 2.45) is 11.8 Å². The van der Waals surface area contributed by atoms with Gasteiger partial charge < -0.3 is 5.32 Å². The summed E-state index contributed by atoms with van der Waals surface area (Å²) in [5.41, 5.74) is -1.93. The SMILES string of the molecule is CC(=O)N[C@]1(C(F)(F)F)C[C@H]2CC[C@@H]1C2. The Balaban J connectivity index is 2.28. The maximum atomic E-state index is 13.0. The molecule has 0 heterocycles. The molecule has 15 heavy (non-hydrogen) atoms. The highest BCUT2D eigenvalue weighted by atomic mass is 19.4. The van der Waals surface area contributed by atoms with Crippen LogP contribution in [0.5, 0.6) is 0 Å². The van der Waals surface area contributed by atoms with Crippen molar-refractivity contribution in [1.29, 1.82) is 0 Å². The molecule has 2 aliphatic rings. The molecule has 2 rings (SSSR count). The summed E-state index contributed by atoms with van der Waals surface area (Å²) in [4.78, 5) is 10.9. The normalized spacial score (nSPS) is 39.5. The van der Waals surface area contributed by atoms with E-state index in [1.54, 1.807) is 0 Å². The Bertz CT molecular complexity index is 289. The quantitative estimate of drug-likeness (QED) is 0.722. The van der Waals surface area contributed by atoms with Gasteiger partial charge in [0.1, 0.15) is 5.54 Å². The zero-order valence-corrected chi connectivity index (χ0v) is 8.53. The lowest BCUT2D eigenvalue weighted by atomic mass is 9.80. The number of amides is 1. The number of fused-ring (bicyclic) bond motifs is 2. The number of rotatable bonds is 1. The number of carbonyl (C=O) groups is 1. The molecule has 1 N–H and O–H groups in total. The van der Waals surface area contributed by atoms with Crippen LogP contribution in [-0.2, 0) is 4.79 Å². The zero-order chi connectivity index (χ0) is 11.3. The summed E-state index contributed by atoms with van der Waals surface area (Å²) in [6, 6.07) is 0. The summed E-state index contributed by atoms with van der Waals surface area (Å²) in [6.45, 7) is 1.15. The third-order valence-electron chi connectivity index (χ3n) is 3.75. The van der Waals surface area contributed by atoms with E-state index in [0.29, 0.717) is 12.8 Å². The van der Waals surface area contributed by atoms with Gasteiger partial charge in [0.05, 0.1) is 0 Å². The first-order valence-electron chi connectivity index (χ1n) is 5.20. The molecular weight excluding hydrogens is 207 g/mol. The second-order valence-electron chi connectivity index (χ2n) is 4.73. The molecule has 0 aromatic rings. The predicted octanol–water partition coefficient (Wildman–Crippen LogP) is 2.24. The van der Waals surface area contributed by atoms with Gasteiger partial charge in [-0.05, 0) is 37.5 Å². The van der Waals surface area contributed by atoms with E-state index in [4.69, 9.17) is 0 Å². The lowest BCUT2D eigenvalue weighted by molar-refractivity contribution is -0.211. The molecule has 1 amide bonds. The molecule has 2 fully saturated rings. The summed E-state index contributed by atoms with van der Waals surface area (Å²) < 4.78 is 39.1. The smallest absolute Gasteiger partial charge is 0.342 e. The molecule has 3 atom stereocenters. The number of hydrogen-bond donors (Lipinski definition) is 1.